The number of aromatic nitrogens is 5. The molecule has 1 aliphatic carbocycles. The molecule has 2 aliphatic rings. The van der Waals surface area contributed by atoms with Gasteiger partial charge in [-0.2, -0.15) is 5.10 Å². The molecule has 2 fully saturated rings. The molecule has 0 unspecified atom stereocenters. The van der Waals surface area contributed by atoms with Crippen molar-refractivity contribution in [3.05, 3.63) is 55.0 Å². The standard InChI is InChI=1S/C30H31N7O/c38-30(19-6-2-3-7-19)33-22-14-21(17-31-18-22)20-8-9-25-23(15-20)28(36-35-25)26-16-24-27(10-11-32-29(24)34-26)37-12-4-1-5-13-37/h8-11,14-19H,1-7,12-13H2,(H,32,34)(H,33,38)(H,35,36). The molecule has 3 N–H and O–H groups in total. The first-order valence-electron chi connectivity index (χ1n) is 13.7. The van der Waals surface area contributed by atoms with Crippen LogP contribution in [0, 0.1) is 5.92 Å². The summed E-state index contributed by atoms with van der Waals surface area (Å²) in [5.74, 6) is 0.218. The molecule has 5 heterocycles. The number of hydrogen-bond donors (Lipinski definition) is 3. The molecule has 0 spiro atoms. The maximum atomic E-state index is 12.6. The van der Waals surface area contributed by atoms with Crippen LogP contribution in [0.15, 0.2) is 55.0 Å². The fourth-order valence-corrected chi connectivity index (χ4v) is 6.05. The van der Waals surface area contributed by atoms with Crippen molar-refractivity contribution in [2.75, 3.05) is 23.3 Å². The minimum Gasteiger partial charge on any atom is -0.371 e. The highest BCUT2D eigenvalue weighted by molar-refractivity contribution is 6.00. The average molecular weight is 506 g/mol. The fourth-order valence-electron chi connectivity index (χ4n) is 6.05. The summed E-state index contributed by atoms with van der Waals surface area (Å²) in [5.41, 5.74) is 7.59. The predicted octanol–water partition coefficient (Wildman–Crippen LogP) is 6.29. The maximum absolute atomic E-state index is 12.6. The third-order valence-electron chi connectivity index (χ3n) is 8.09. The monoisotopic (exact) mass is 505 g/mol. The number of hydrogen-bond acceptors (Lipinski definition) is 5. The van der Waals surface area contributed by atoms with E-state index in [2.05, 4.69) is 59.6 Å². The molecule has 8 heteroatoms. The Hall–Kier alpha value is -4.20. The van der Waals surface area contributed by atoms with E-state index in [1.165, 1.54) is 24.9 Å². The van der Waals surface area contributed by atoms with E-state index < -0.39 is 0 Å². The van der Waals surface area contributed by atoms with Crippen LogP contribution in [0.3, 0.4) is 0 Å². The zero-order valence-corrected chi connectivity index (χ0v) is 21.3. The molecule has 1 saturated heterocycles. The Labute approximate surface area is 220 Å². The lowest BCUT2D eigenvalue weighted by Crippen LogP contribution is -2.29. The van der Waals surface area contributed by atoms with Gasteiger partial charge >= 0.3 is 0 Å². The summed E-state index contributed by atoms with van der Waals surface area (Å²) < 4.78 is 0. The molecule has 1 amide bonds. The number of H-pyrrole nitrogens is 2. The number of carbonyl (C=O) groups excluding carboxylic acids is 1. The van der Waals surface area contributed by atoms with Crippen LogP contribution >= 0.6 is 0 Å². The molecule has 1 aliphatic heterocycles. The third-order valence-corrected chi connectivity index (χ3v) is 8.09. The lowest BCUT2D eigenvalue weighted by atomic mass is 10.0. The number of fused-ring (bicyclic) bond motifs is 2. The number of pyridine rings is 2. The lowest BCUT2D eigenvalue weighted by Gasteiger charge is -2.29. The van der Waals surface area contributed by atoms with Crippen molar-refractivity contribution in [3.8, 4) is 22.5 Å². The van der Waals surface area contributed by atoms with Crippen molar-refractivity contribution in [2.45, 2.75) is 44.9 Å². The Kier molecular flexibility index (Phi) is 5.80. The number of carbonyl (C=O) groups is 1. The molecule has 0 radical (unpaired) electrons. The molecule has 38 heavy (non-hydrogen) atoms. The van der Waals surface area contributed by atoms with Crippen LogP contribution in [0.2, 0.25) is 0 Å². The van der Waals surface area contributed by atoms with Gasteiger partial charge in [-0.05, 0) is 68.0 Å². The first kappa shape index (κ1) is 23.0. The van der Waals surface area contributed by atoms with Gasteiger partial charge in [0.05, 0.1) is 23.1 Å². The molecule has 1 saturated carbocycles. The number of benzene rings is 1. The Morgan fingerprint density at radius 1 is 0.921 bits per heavy atom. The summed E-state index contributed by atoms with van der Waals surface area (Å²) >= 11 is 0. The van der Waals surface area contributed by atoms with Crippen molar-refractivity contribution in [3.63, 3.8) is 0 Å². The second-order valence-electron chi connectivity index (χ2n) is 10.6. The highest BCUT2D eigenvalue weighted by Gasteiger charge is 2.23. The molecular weight excluding hydrogens is 474 g/mol. The fraction of sp³-hybridized carbons (Fsp3) is 0.333. The van der Waals surface area contributed by atoms with Crippen molar-refractivity contribution in [1.82, 2.24) is 25.1 Å². The van der Waals surface area contributed by atoms with Crippen LogP contribution in [0.1, 0.15) is 44.9 Å². The highest BCUT2D eigenvalue weighted by Crippen LogP contribution is 2.35. The first-order valence-corrected chi connectivity index (χ1v) is 13.7. The van der Waals surface area contributed by atoms with Gasteiger partial charge in [0.25, 0.3) is 0 Å². The van der Waals surface area contributed by atoms with Crippen molar-refractivity contribution >= 4 is 39.2 Å². The third kappa shape index (κ3) is 4.20. The van der Waals surface area contributed by atoms with E-state index in [9.17, 15) is 4.79 Å². The van der Waals surface area contributed by atoms with E-state index in [0.717, 1.165) is 88.9 Å². The number of anilines is 2. The van der Waals surface area contributed by atoms with Crippen LogP contribution in [0.25, 0.3) is 44.5 Å². The van der Waals surface area contributed by atoms with Gasteiger partial charge in [-0.25, -0.2) is 4.98 Å². The molecule has 0 bridgehead atoms. The summed E-state index contributed by atoms with van der Waals surface area (Å²) in [7, 11) is 0. The Morgan fingerprint density at radius 3 is 2.66 bits per heavy atom. The van der Waals surface area contributed by atoms with Crippen molar-refractivity contribution < 1.29 is 4.79 Å². The zero-order chi connectivity index (χ0) is 25.5. The summed E-state index contributed by atoms with van der Waals surface area (Å²) in [6.45, 7) is 2.17. The largest absolute Gasteiger partial charge is 0.371 e. The summed E-state index contributed by atoms with van der Waals surface area (Å²) in [6, 6.07) is 12.5. The number of aromatic amines is 2. The zero-order valence-electron chi connectivity index (χ0n) is 21.3. The average Bonchev–Trinajstić information content (AvgIpc) is 3.73. The lowest BCUT2D eigenvalue weighted by molar-refractivity contribution is -0.119. The topological polar surface area (TPSA) is 103 Å². The summed E-state index contributed by atoms with van der Waals surface area (Å²) in [4.78, 5) is 27.6. The molecule has 0 atom stereocenters. The predicted molar refractivity (Wildman–Crippen MR) is 151 cm³/mol. The quantitative estimate of drug-likeness (QED) is 0.261. The number of nitrogens with one attached hydrogen (secondary N) is 3. The van der Waals surface area contributed by atoms with Gasteiger partial charge in [0.1, 0.15) is 11.3 Å². The molecule has 7 rings (SSSR count). The molecule has 4 aromatic heterocycles. The van der Waals surface area contributed by atoms with E-state index >= 15 is 0 Å². The molecule has 1 aromatic carbocycles. The van der Waals surface area contributed by atoms with Crippen LogP contribution in [0.4, 0.5) is 11.4 Å². The van der Waals surface area contributed by atoms with Gasteiger partial charge in [-0.1, -0.05) is 18.9 Å². The minimum absolute atomic E-state index is 0.102. The Morgan fingerprint density at radius 2 is 1.79 bits per heavy atom. The van der Waals surface area contributed by atoms with Crippen LogP contribution in [-0.4, -0.2) is 44.1 Å². The van der Waals surface area contributed by atoms with E-state index in [-0.39, 0.29) is 11.8 Å². The van der Waals surface area contributed by atoms with Gasteiger partial charge in [-0.3, -0.25) is 14.9 Å². The first-order chi connectivity index (χ1) is 18.7. The highest BCUT2D eigenvalue weighted by atomic mass is 16.1. The normalized spacial score (nSPS) is 16.5. The second kappa shape index (κ2) is 9.59. The van der Waals surface area contributed by atoms with Gasteiger partial charge < -0.3 is 15.2 Å². The van der Waals surface area contributed by atoms with Crippen molar-refractivity contribution in [2.24, 2.45) is 5.92 Å². The number of rotatable bonds is 5. The van der Waals surface area contributed by atoms with Crippen LogP contribution in [0.5, 0.6) is 0 Å². The Balaban J connectivity index is 1.22. The van der Waals surface area contributed by atoms with Gasteiger partial charge in [0, 0.05) is 53.4 Å². The molecule has 5 aromatic rings. The number of amides is 1. The number of piperidine rings is 1. The Bertz CT molecular complexity index is 1620. The summed E-state index contributed by atoms with van der Waals surface area (Å²) in [5, 5.41) is 13.1. The number of nitrogens with zero attached hydrogens (tertiary/aromatic N) is 4. The molecule has 192 valence electrons. The SMILES string of the molecule is O=C(Nc1cncc(-c2ccc3[nH]nc(-c4cc5c(N6CCCCC6)ccnc5[nH]4)c3c2)c1)C1CCCC1. The van der Waals surface area contributed by atoms with E-state index in [0.29, 0.717) is 0 Å². The molecular formula is C30H31N7O. The second-order valence-corrected chi connectivity index (χ2v) is 10.6. The van der Waals surface area contributed by atoms with E-state index in [4.69, 9.17) is 0 Å². The van der Waals surface area contributed by atoms with Crippen molar-refractivity contribution in [1.29, 1.82) is 0 Å². The molecule has 8 nitrogen and oxygen atoms in total. The smallest absolute Gasteiger partial charge is 0.227 e. The van der Waals surface area contributed by atoms with E-state index in [1.54, 1.807) is 6.20 Å². The van der Waals surface area contributed by atoms with Gasteiger partial charge in [0.15, 0.2) is 0 Å². The summed E-state index contributed by atoms with van der Waals surface area (Å²) in [6.07, 6.45) is 13.4. The van der Waals surface area contributed by atoms with Gasteiger partial charge in [0.2, 0.25) is 5.91 Å². The maximum Gasteiger partial charge on any atom is 0.227 e. The van der Waals surface area contributed by atoms with Crippen LogP contribution < -0.4 is 10.2 Å². The van der Waals surface area contributed by atoms with Crippen LogP contribution in [-0.2, 0) is 4.79 Å². The van der Waals surface area contributed by atoms with Gasteiger partial charge in [-0.15, -0.1) is 0 Å². The minimum atomic E-state index is 0.102. The van der Waals surface area contributed by atoms with E-state index in [1.807, 2.05) is 24.5 Å².